The van der Waals surface area contributed by atoms with E-state index in [-0.39, 0.29) is 10.8 Å². The van der Waals surface area contributed by atoms with Crippen molar-refractivity contribution in [3.63, 3.8) is 0 Å². The first kappa shape index (κ1) is 26.2. The highest BCUT2D eigenvalue weighted by atomic mass is 15.2. The van der Waals surface area contributed by atoms with E-state index in [1.54, 1.807) is 0 Å². The lowest BCUT2D eigenvalue weighted by molar-refractivity contribution is 0.299. The van der Waals surface area contributed by atoms with Crippen LogP contribution in [0.1, 0.15) is 38.8 Å². The van der Waals surface area contributed by atoms with Gasteiger partial charge in [0.1, 0.15) is 0 Å². The van der Waals surface area contributed by atoms with Gasteiger partial charge in [-0.3, -0.25) is 4.57 Å². The molecular formula is C42H33N3. The van der Waals surface area contributed by atoms with Crippen LogP contribution in [0.25, 0.3) is 71.8 Å². The monoisotopic (exact) mass is 579 g/mol. The smallest absolute Gasteiger partial charge is 0.235 e. The number of hydrogen-bond donors (Lipinski definition) is 0. The summed E-state index contributed by atoms with van der Waals surface area (Å²) < 4.78 is 2.28. The number of benzene rings is 6. The Hall–Kier alpha value is -5.28. The third-order valence-electron chi connectivity index (χ3n) is 10.8. The van der Waals surface area contributed by atoms with Crippen LogP contribution in [0, 0.1) is 0 Å². The highest BCUT2D eigenvalue weighted by Gasteiger charge is 2.46. The van der Waals surface area contributed by atoms with E-state index in [0.717, 1.165) is 33.2 Å². The molecule has 0 aliphatic heterocycles. The van der Waals surface area contributed by atoms with E-state index < -0.39 is 0 Å². The van der Waals surface area contributed by atoms with E-state index in [1.807, 2.05) is 6.07 Å². The second-order valence-electron chi connectivity index (χ2n) is 13.5. The van der Waals surface area contributed by atoms with E-state index in [1.165, 1.54) is 43.8 Å². The van der Waals surface area contributed by atoms with Crippen molar-refractivity contribution in [3.8, 4) is 28.3 Å². The lowest BCUT2D eigenvalue weighted by atomic mass is 9.55. The van der Waals surface area contributed by atoms with E-state index in [2.05, 4.69) is 154 Å². The fourth-order valence-corrected chi connectivity index (χ4v) is 7.69. The van der Waals surface area contributed by atoms with E-state index in [4.69, 9.17) is 9.97 Å². The van der Waals surface area contributed by atoms with Crippen LogP contribution in [0.2, 0.25) is 0 Å². The third kappa shape index (κ3) is 3.52. The number of fused-ring (bicyclic) bond motifs is 9. The molecule has 0 amide bonds. The van der Waals surface area contributed by atoms with Crippen LogP contribution in [-0.4, -0.2) is 14.5 Å². The van der Waals surface area contributed by atoms with Crippen molar-refractivity contribution < 1.29 is 0 Å². The molecular weight excluding hydrogens is 546 g/mol. The Morgan fingerprint density at radius 1 is 0.511 bits per heavy atom. The molecule has 0 saturated heterocycles. The summed E-state index contributed by atoms with van der Waals surface area (Å²) in [5, 5.41) is 6.06. The van der Waals surface area contributed by atoms with Gasteiger partial charge in [0.25, 0.3) is 0 Å². The SMILES string of the molecule is CC1(C)c2cc3c4ccccc4n(-c4nc(-c5ccccc5)c5ccccc5n4)c3cc2-c2c(ccc3ccccc23)C1(C)C. The Kier molecular flexibility index (Phi) is 5.30. The van der Waals surface area contributed by atoms with Gasteiger partial charge in [0.05, 0.1) is 22.2 Å². The van der Waals surface area contributed by atoms with Crippen LogP contribution >= 0.6 is 0 Å². The van der Waals surface area contributed by atoms with Crippen LogP contribution in [0.15, 0.2) is 127 Å². The molecule has 2 heterocycles. The number of hydrogen-bond acceptors (Lipinski definition) is 2. The van der Waals surface area contributed by atoms with Crippen LogP contribution in [0.3, 0.4) is 0 Å². The average Bonchev–Trinajstić information content (AvgIpc) is 3.40. The van der Waals surface area contributed by atoms with Crippen molar-refractivity contribution >= 4 is 43.5 Å². The molecule has 1 aliphatic rings. The highest BCUT2D eigenvalue weighted by molar-refractivity contribution is 6.12. The molecule has 0 atom stereocenters. The number of para-hydroxylation sites is 2. The Morgan fingerprint density at radius 3 is 2.00 bits per heavy atom. The summed E-state index contributed by atoms with van der Waals surface area (Å²) in [4.78, 5) is 10.5. The van der Waals surface area contributed by atoms with Gasteiger partial charge < -0.3 is 0 Å². The molecule has 0 radical (unpaired) electrons. The molecule has 216 valence electrons. The second kappa shape index (κ2) is 9.12. The maximum Gasteiger partial charge on any atom is 0.235 e. The Balaban J connectivity index is 1.43. The summed E-state index contributed by atoms with van der Waals surface area (Å²) in [6.07, 6.45) is 0. The zero-order chi connectivity index (χ0) is 30.5. The maximum atomic E-state index is 5.32. The summed E-state index contributed by atoms with van der Waals surface area (Å²) in [6, 6.07) is 45.8. The minimum Gasteiger partial charge on any atom is -0.278 e. The van der Waals surface area contributed by atoms with Gasteiger partial charge in [0.2, 0.25) is 5.95 Å². The summed E-state index contributed by atoms with van der Waals surface area (Å²) in [5.74, 6) is 0.687. The zero-order valence-corrected chi connectivity index (χ0v) is 26.0. The van der Waals surface area contributed by atoms with Gasteiger partial charge in [-0.2, -0.15) is 0 Å². The second-order valence-corrected chi connectivity index (χ2v) is 13.5. The maximum absolute atomic E-state index is 5.32. The third-order valence-corrected chi connectivity index (χ3v) is 10.8. The standard InChI is InChI=1S/C42H33N3/c1-41(2)33-23-22-26-14-8-9-17-28(26)38(33)32-25-37-31(24-34(32)42(41,3)4)29-18-11-13-21-36(29)45(37)40-43-35-20-12-10-19-30(35)39(44-40)27-15-6-5-7-16-27/h5-25H,1-4H3. The van der Waals surface area contributed by atoms with Crippen LogP contribution < -0.4 is 0 Å². The molecule has 1 aliphatic carbocycles. The Bertz CT molecular complexity index is 2480. The average molecular weight is 580 g/mol. The number of rotatable bonds is 2. The molecule has 3 nitrogen and oxygen atoms in total. The van der Waals surface area contributed by atoms with Crippen molar-refractivity contribution in [1.82, 2.24) is 14.5 Å². The quantitative estimate of drug-likeness (QED) is 0.204. The Morgan fingerprint density at radius 2 is 1.18 bits per heavy atom. The molecule has 6 aromatic carbocycles. The van der Waals surface area contributed by atoms with Crippen LogP contribution in [0.4, 0.5) is 0 Å². The van der Waals surface area contributed by atoms with Gasteiger partial charge >= 0.3 is 0 Å². The molecule has 0 N–H and O–H groups in total. The zero-order valence-electron chi connectivity index (χ0n) is 26.0. The van der Waals surface area contributed by atoms with Crippen molar-refractivity contribution in [1.29, 1.82) is 0 Å². The van der Waals surface area contributed by atoms with Crippen LogP contribution in [0.5, 0.6) is 0 Å². The molecule has 9 rings (SSSR count). The molecule has 2 aromatic heterocycles. The summed E-state index contributed by atoms with van der Waals surface area (Å²) >= 11 is 0. The summed E-state index contributed by atoms with van der Waals surface area (Å²) in [7, 11) is 0. The van der Waals surface area contributed by atoms with Crippen LogP contribution in [-0.2, 0) is 10.8 Å². The lowest BCUT2D eigenvalue weighted by Crippen LogP contribution is -2.43. The molecule has 0 spiro atoms. The van der Waals surface area contributed by atoms with E-state index in [9.17, 15) is 0 Å². The minimum absolute atomic E-state index is 0.0720. The van der Waals surface area contributed by atoms with Crippen molar-refractivity contribution in [3.05, 3.63) is 139 Å². The van der Waals surface area contributed by atoms with Crippen molar-refractivity contribution in [2.45, 2.75) is 38.5 Å². The first-order valence-electron chi connectivity index (χ1n) is 15.8. The van der Waals surface area contributed by atoms with Crippen molar-refractivity contribution in [2.24, 2.45) is 0 Å². The molecule has 8 aromatic rings. The van der Waals surface area contributed by atoms with E-state index in [0.29, 0.717) is 5.95 Å². The molecule has 0 fully saturated rings. The van der Waals surface area contributed by atoms with Gasteiger partial charge in [-0.15, -0.1) is 0 Å². The predicted octanol–water partition coefficient (Wildman–Crippen LogP) is 10.8. The summed E-state index contributed by atoms with van der Waals surface area (Å²) in [6.45, 7) is 9.64. The first-order chi connectivity index (χ1) is 21.8. The molecule has 0 saturated carbocycles. The van der Waals surface area contributed by atoms with Gasteiger partial charge in [-0.25, -0.2) is 9.97 Å². The molecule has 0 bridgehead atoms. The molecule has 0 unspecified atom stereocenters. The number of aromatic nitrogens is 3. The lowest BCUT2D eigenvalue weighted by Gasteiger charge is -2.48. The fraction of sp³-hybridized carbons (Fsp3) is 0.143. The minimum atomic E-state index is -0.102. The van der Waals surface area contributed by atoms with E-state index >= 15 is 0 Å². The summed E-state index contributed by atoms with van der Waals surface area (Å²) in [5.41, 5.74) is 10.4. The largest absolute Gasteiger partial charge is 0.278 e. The van der Waals surface area contributed by atoms with Gasteiger partial charge in [0.15, 0.2) is 0 Å². The first-order valence-corrected chi connectivity index (χ1v) is 15.8. The number of nitrogens with zero attached hydrogens (tertiary/aromatic N) is 3. The highest BCUT2D eigenvalue weighted by Crippen LogP contribution is 2.56. The van der Waals surface area contributed by atoms with Gasteiger partial charge in [-0.05, 0) is 68.1 Å². The predicted molar refractivity (Wildman–Crippen MR) is 188 cm³/mol. The van der Waals surface area contributed by atoms with Gasteiger partial charge in [-0.1, -0.05) is 131 Å². The fourth-order valence-electron chi connectivity index (χ4n) is 7.69. The Labute approximate surface area is 262 Å². The topological polar surface area (TPSA) is 30.7 Å². The normalized spacial score (nSPS) is 15.0. The molecule has 45 heavy (non-hydrogen) atoms. The van der Waals surface area contributed by atoms with Crippen molar-refractivity contribution in [2.75, 3.05) is 0 Å². The van der Waals surface area contributed by atoms with Gasteiger partial charge in [0, 0.05) is 21.7 Å². The molecule has 3 heteroatoms.